The molecule has 0 saturated carbocycles. The zero-order chi connectivity index (χ0) is 22.9. The molecular weight excluding hydrogens is 416 g/mol. The molecule has 3 aliphatic carbocycles. The third kappa shape index (κ3) is 2.46. The van der Waals surface area contributed by atoms with Crippen molar-refractivity contribution in [1.82, 2.24) is 10.4 Å². The summed E-state index contributed by atoms with van der Waals surface area (Å²) in [5.41, 5.74) is 6.61. The van der Waals surface area contributed by atoms with Crippen LogP contribution in [-0.2, 0) is 15.0 Å². The summed E-state index contributed by atoms with van der Waals surface area (Å²) in [4.78, 5) is 40.2. The summed E-state index contributed by atoms with van der Waals surface area (Å²) in [6.45, 7) is 2.05. The number of nitrogens with zero attached hydrogens (tertiary/aromatic N) is 1. The molecule has 164 valence electrons. The highest BCUT2D eigenvalue weighted by atomic mass is 16.5. The van der Waals surface area contributed by atoms with E-state index in [1.54, 1.807) is 31.4 Å². The molecular formula is C27H22N2O4. The number of carbonyl (C=O) groups is 3. The largest absolute Gasteiger partial charge is 0.497 e. The van der Waals surface area contributed by atoms with Gasteiger partial charge in [0.25, 0.3) is 17.7 Å². The van der Waals surface area contributed by atoms with Crippen LogP contribution in [0.4, 0.5) is 0 Å². The fourth-order valence-electron chi connectivity index (χ4n) is 6.17. The number of hydrogen-bond acceptors (Lipinski definition) is 4. The van der Waals surface area contributed by atoms with Crippen LogP contribution >= 0.6 is 0 Å². The molecule has 3 aromatic rings. The van der Waals surface area contributed by atoms with Crippen molar-refractivity contribution in [3.05, 3.63) is 101 Å². The zero-order valence-electron chi connectivity index (χ0n) is 18.2. The summed E-state index contributed by atoms with van der Waals surface area (Å²) in [5.74, 6) is -1.95. The van der Waals surface area contributed by atoms with Crippen molar-refractivity contribution >= 4 is 17.7 Å². The first kappa shape index (κ1) is 19.7. The topological polar surface area (TPSA) is 75.7 Å². The molecule has 7 rings (SSSR count). The van der Waals surface area contributed by atoms with E-state index in [0.717, 1.165) is 27.3 Å². The average Bonchev–Trinajstić information content (AvgIpc) is 3.10. The Bertz CT molecular complexity index is 1280. The monoisotopic (exact) mass is 438 g/mol. The molecule has 6 nitrogen and oxygen atoms in total. The van der Waals surface area contributed by atoms with Gasteiger partial charge in [-0.2, -0.15) is 5.01 Å². The molecule has 1 aliphatic heterocycles. The lowest BCUT2D eigenvalue weighted by Gasteiger charge is -2.52. The maximum atomic E-state index is 13.7. The Hall–Kier alpha value is -3.93. The summed E-state index contributed by atoms with van der Waals surface area (Å²) < 4.78 is 5.13. The number of imide groups is 1. The molecule has 0 aromatic heterocycles. The lowest BCUT2D eigenvalue weighted by Crippen LogP contribution is -2.52. The van der Waals surface area contributed by atoms with Crippen molar-refractivity contribution in [3.8, 4) is 5.75 Å². The van der Waals surface area contributed by atoms with E-state index in [2.05, 4.69) is 36.6 Å². The van der Waals surface area contributed by atoms with Gasteiger partial charge >= 0.3 is 0 Å². The first-order chi connectivity index (χ1) is 16.0. The standard InChI is InChI=1S/C27H22N2O4/c1-27-19-9-5-3-7-17(19)21(18-8-4-6-10-20(18)27)22-23(27)26(32)29(25(22)31)28-24(30)15-11-13-16(33-2)14-12-15/h3-14,21-23H,1-2H3,(H,28,30)/t21?,22-,23+,27?/m1/s1. The van der Waals surface area contributed by atoms with E-state index < -0.39 is 23.2 Å². The van der Waals surface area contributed by atoms with E-state index in [9.17, 15) is 14.4 Å². The minimum Gasteiger partial charge on any atom is -0.497 e. The predicted molar refractivity (Wildman–Crippen MR) is 120 cm³/mol. The maximum Gasteiger partial charge on any atom is 0.270 e. The number of benzene rings is 3. The number of hydrogen-bond donors (Lipinski definition) is 1. The highest BCUT2D eigenvalue weighted by Crippen LogP contribution is 2.63. The van der Waals surface area contributed by atoms with Gasteiger partial charge in [-0.1, -0.05) is 55.5 Å². The van der Waals surface area contributed by atoms with Crippen LogP contribution < -0.4 is 10.2 Å². The minimum atomic E-state index is -0.654. The van der Waals surface area contributed by atoms with Gasteiger partial charge in [0.2, 0.25) is 0 Å². The first-order valence-corrected chi connectivity index (χ1v) is 11.0. The third-order valence-corrected chi connectivity index (χ3v) is 7.61. The molecule has 3 amide bonds. The molecule has 0 unspecified atom stereocenters. The predicted octanol–water partition coefficient (Wildman–Crippen LogP) is 3.41. The molecule has 0 spiro atoms. The second kappa shape index (κ2) is 6.78. The Labute approximate surface area is 191 Å². The summed E-state index contributed by atoms with van der Waals surface area (Å²) >= 11 is 0. The average molecular weight is 438 g/mol. The van der Waals surface area contributed by atoms with Gasteiger partial charge < -0.3 is 4.74 Å². The molecule has 1 saturated heterocycles. The van der Waals surface area contributed by atoms with Crippen LogP contribution in [0.1, 0.15) is 45.5 Å². The Morgan fingerprint density at radius 1 is 0.879 bits per heavy atom. The summed E-state index contributed by atoms with van der Waals surface area (Å²) in [6.07, 6.45) is 0. The molecule has 2 bridgehead atoms. The van der Waals surface area contributed by atoms with Gasteiger partial charge in [-0.15, -0.1) is 0 Å². The highest BCUT2D eigenvalue weighted by Gasteiger charge is 2.66. The lowest BCUT2D eigenvalue weighted by molar-refractivity contribution is -0.143. The van der Waals surface area contributed by atoms with E-state index in [1.807, 2.05) is 24.3 Å². The van der Waals surface area contributed by atoms with Crippen molar-refractivity contribution in [1.29, 1.82) is 0 Å². The number of rotatable bonds is 3. The van der Waals surface area contributed by atoms with Crippen molar-refractivity contribution < 1.29 is 19.1 Å². The Kier molecular flexibility index (Phi) is 4.06. The Balaban J connectivity index is 1.42. The molecule has 3 aromatic carbocycles. The number of methoxy groups -OCH3 is 1. The fraction of sp³-hybridized carbons (Fsp3) is 0.222. The number of nitrogens with one attached hydrogen (secondary N) is 1. The number of ether oxygens (including phenoxy) is 1. The van der Waals surface area contributed by atoms with E-state index in [0.29, 0.717) is 11.3 Å². The van der Waals surface area contributed by atoms with Gasteiger partial charge in [0, 0.05) is 16.9 Å². The second-order valence-electron chi connectivity index (χ2n) is 9.04. The van der Waals surface area contributed by atoms with Crippen LogP contribution in [0.2, 0.25) is 0 Å². The van der Waals surface area contributed by atoms with Gasteiger partial charge in [-0.3, -0.25) is 19.8 Å². The number of carbonyl (C=O) groups excluding carboxylic acids is 3. The van der Waals surface area contributed by atoms with Crippen LogP contribution in [0, 0.1) is 11.8 Å². The van der Waals surface area contributed by atoms with Crippen molar-refractivity contribution in [2.75, 3.05) is 7.11 Å². The Morgan fingerprint density at radius 2 is 1.45 bits per heavy atom. The van der Waals surface area contributed by atoms with Crippen molar-refractivity contribution in [3.63, 3.8) is 0 Å². The van der Waals surface area contributed by atoms with Crippen LogP contribution in [0.5, 0.6) is 5.75 Å². The fourth-order valence-corrected chi connectivity index (χ4v) is 6.17. The number of amides is 3. The normalized spacial score (nSPS) is 26.5. The molecule has 4 aliphatic rings. The summed E-state index contributed by atoms with van der Waals surface area (Å²) in [5, 5.41) is 0.949. The van der Waals surface area contributed by atoms with Crippen molar-refractivity contribution in [2.45, 2.75) is 18.3 Å². The van der Waals surface area contributed by atoms with Gasteiger partial charge in [0.15, 0.2) is 0 Å². The van der Waals surface area contributed by atoms with E-state index >= 15 is 0 Å². The third-order valence-electron chi connectivity index (χ3n) is 7.61. The maximum absolute atomic E-state index is 13.7. The molecule has 2 atom stereocenters. The SMILES string of the molecule is COc1ccc(C(=O)NN2C(=O)[C@@H]3C4c5ccccc5C(C)(c5ccccc54)[C@@H]3C2=O)cc1. The minimum absolute atomic E-state index is 0.219. The van der Waals surface area contributed by atoms with Gasteiger partial charge in [0.1, 0.15) is 5.75 Å². The molecule has 33 heavy (non-hydrogen) atoms. The van der Waals surface area contributed by atoms with Crippen LogP contribution in [0.3, 0.4) is 0 Å². The lowest BCUT2D eigenvalue weighted by atomic mass is 9.48. The van der Waals surface area contributed by atoms with E-state index in [1.165, 1.54) is 0 Å². The van der Waals surface area contributed by atoms with Crippen LogP contribution in [-0.4, -0.2) is 29.8 Å². The van der Waals surface area contributed by atoms with E-state index in [4.69, 9.17) is 4.74 Å². The Morgan fingerprint density at radius 3 is 2.03 bits per heavy atom. The zero-order valence-corrected chi connectivity index (χ0v) is 18.2. The molecule has 6 heteroatoms. The summed E-state index contributed by atoms with van der Waals surface area (Å²) in [6, 6.07) is 22.7. The van der Waals surface area contributed by atoms with E-state index in [-0.39, 0.29) is 17.7 Å². The molecule has 1 heterocycles. The number of hydrazine groups is 1. The van der Waals surface area contributed by atoms with Crippen molar-refractivity contribution in [2.24, 2.45) is 11.8 Å². The van der Waals surface area contributed by atoms with Crippen LogP contribution in [0.25, 0.3) is 0 Å². The molecule has 1 N–H and O–H groups in total. The van der Waals surface area contributed by atoms with Gasteiger partial charge in [0.05, 0.1) is 18.9 Å². The van der Waals surface area contributed by atoms with Gasteiger partial charge in [-0.05, 0) is 46.5 Å². The smallest absolute Gasteiger partial charge is 0.270 e. The second-order valence-corrected chi connectivity index (χ2v) is 9.04. The quantitative estimate of drug-likeness (QED) is 0.636. The van der Waals surface area contributed by atoms with Gasteiger partial charge in [-0.25, -0.2) is 0 Å². The first-order valence-electron chi connectivity index (χ1n) is 11.0. The highest BCUT2D eigenvalue weighted by molar-refractivity contribution is 6.10. The van der Waals surface area contributed by atoms with Crippen LogP contribution in [0.15, 0.2) is 72.8 Å². The summed E-state index contributed by atoms with van der Waals surface area (Å²) in [7, 11) is 1.54. The molecule has 0 radical (unpaired) electrons. The molecule has 1 fully saturated rings.